The van der Waals surface area contributed by atoms with Gasteiger partial charge in [0.1, 0.15) is 5.82 Å². The van der Waals surface area contributed by atoms with Crippen LogP contribution >= 0.6 is 0 Å². The van der Waals surface area contributed by atoms with E-state index in [1.165, 1.54) is 4.68 Å². The Morgan fingerprint density at radius 1 is 1.15 bits per heavy atom. The number of benzene rings is 1. The number of carbonyl (C=O) groups excluding carboxylic acids is 1. The maximum absolute atomic E-state index is 12.1. The molecular formula is C23H26N8O3. The van der Waals surface area contributed by atoms with E-state index in [4.69, 9.17) is 9.68 Å². The molecule has 3 aromatic rings. The van der Waals surface area contributed by atoms with Crippen LogP contribution in [0, 0.1) is 5.92 Å². The Hall–Kier alpha value is -4.15. The van der Waals surface area contributed by atoms with Gasteiger partial charge in [-0.3, -0.25) is 10.2 Å². The first-order chi connectivity index (χ1) is 16.6. The lowest BCUT2D eigenvalue weighted by Gasteiger charge is -2.18. The third-order valence-corrected chi connectivity index (χ3v) is 5.39. The molecule has 0 unspecified atom stereocenters. The van der Waals surface area contributed by atoms with Gasteiger partial charge in [-0.05, 0) is 54.2 Å². The van der Waals surface area contributed by atoms with E-state index in [0.29, 0.717) is 29.0 Å². The molecule has 0 radical (unpaired) electrons. The highest BCUT2D eigenvalue weighted by atomic mass is 16.7. The first-order valence-corrected chi connectivity index (χ1v) is 11.1. The van der Waals surface area contributed by atoms with Gasteiger partial charge in [-0.1, -0.05) is 53.6 Å². The molecule has 1 aliphatic rings. The largest absolute Gasteiger partial charge is 0.439 e. The third-order valence-electron chi connectivity index (χ3n) is 5.39. The number of hydrogen-bond acceptors (Lipinski definition) is 9. The van der Waals surface area contributed by atoms with Crippen molar-refractivity contribution in [2.45, 2.75) is 39.2 Å². The molecule has 1 fully saturated rings. The second-order valence-corrected chi connectivity index (χ2v) is 8.06. The summed E-state index contributed by atoms with van der Waals surface area (Å²) in [5, 5.41) is 22.4. The number of hydrogen-bond donors (Lipinski definition) is 1. The number of aromatic nitrogens is 5. The average Bonchev–Trinajstić information content (AvgIpc) is 3.28. The number of amides is 1. The van der Waals surface area contributed by atoms with E-state index in [1.807, 2.05) is 30.3 Å². The van der Waals surface area contributed by atoms with E-state index < -0.39 is 6.09 Å². The second-order valence-electron chi connectivity index (χ2n) is 8.06. The van der Waals surface area contributed by atoms with E-state index in [0.717, 1.165) is 37.0 Å². The number of rotatable bonds is 7. The zero-order chi connectivity index (χ0) is 23.8. The molecular weight excluding hydrogens is 436 g/mol. The number of pyridine rings is 1. The predicted octanol–water partition coefficient (Wildman–Crippen LogP) is 3.69. The molecule has 1 N–H and O–H groups in total. The molecule has 0 atom stereocenters. The highest BCUT2D eigenvalue weighted by Gasteiger charge is 2.16. The van der Waals surface area contributed by atoms with Crippen molar-refractivity contribution in [2.24, 2.45) is 23.3 Å². The highest BCUT2D eigenvalue weighted by molar-refractivity contribution is 6.10. The Morgan fingerprint density at radius 2 is 1.94 bits per heavy atom. The SMILES string of the molecule is CC1CCC(=NOC(=O)Nc2cccc(CO/N=C(/c3ccccc3)c3nnnn3C)n2)CC1. The summed E-state index contributed by atoms with van der Waals surface area (Å²) in [6.45, 7) is 2.29. The summed E-state index contributed by atoms with van der Waals surface area (Å²) in [5.41, 5.74) is 2.77. The van der Waals surface area contributed by atoms with Crippen LogP contribution in [0.4, 0.5) is 10.6 Å². The van der Waals surface area contributed by atoms with Crippen LogP contribution in [0.3, 0.4) is 0 Å². The van der Waals surface area contributed by atoms with Gasteiger partial charge >= 0.3 is 6.09 Å². The molecule has 0 spiro atoms. The van der Waals surface area contributed by atoms with E-state index in [1.54, 1.807) is 25.2 Å². The summed E-state index contributed by atoms with van der Waals surface area (Å²) in [5.74, 6) is 1.48. The topological polar surface area (TPSA) is 129 Å². The Bertz CT molecular complexity index is 1170. The van der Waals surface area contributed by atoms with Crippen molar-refractivity contribution in [3.05, 3.63) is 65.6 Å². The van der Waals surface area contributed by atoms with Crippen LogP contribution in [0.15, 0.2) is 58.8 Å². The molecule has 2 aromatic heterocycles. The van der Waals surface area contributed by atoms with Gasteiger partial charge in [-0.2, -0.15) is 0 Å². The van der Waals surface area contributed by atoms with Crippen LogP contribution in [0.1, 0.15) is 49.7 Å². The predicted molar refractivity (Wildman–Crippen MR) is 125 cm³/mol. The fourth-order valence-corrected chi connectivity index (χ4v) is 3.46. The molecule has 1 aliphatic carbocycles. The van der Waals surface area contributed by atoms with Crippen molar-refractivity contribution < 1.29 is 14.5 Å². The van der Waals surface area contributed by atoms with Gasteiger partial charge in [0.05, 0.1) is 11.4 Å². The number of tetrazole rings is 1. The number of nitrogens with one attached hydrogen (secondary N) is 1. The molecule has 34 heavy (non-hydrogen) atoms. The van der Waals surface area contributed by atoms with Gasteiger partial charge in [0.2, 0.25) is 5.82 Å². The minimum absolute atomic E-state index is 0.0761. The second kappa shape index (κ2) is 11.1. The highest BCUT2D eigenvalue weighted by Crippen LogP contribution is 2.21. The number of nitrogens with zero attached hydrogens (tertiary/aromatic N) is 7. The summed E-state index contributed by atoms with van der Waals surface area (Å²) in [4.78, 5) is 27.0. The fraction of sp³-hybridized carbons (Fsp3) is 0.348. The summed E-state index contributed by atoms with van der Waals surface area (Å²) in [6.07, 6.45) is 3.16. The van der Waals surface area contributed by atoms with Crippen LogP contribution in [-0.4, -0.2) is 42.7 Å². The Balaban J connectivity index is 1.37. The maximum Gasteiger partial charge on any atom is 0.439 e. The molecule has 11 nitrogen and oxygen atoms in total. The minimum Gasteiger partial charge on any atom is -0.389 e. The van der Waals surface area contributed by atoms with Crippen LogP contribution in [-0.2, 0) is 23.3 Å². The van der Waals surface area contributed by atoms with E-state index in [-0.39, 0.29) is 6.61 Å². The molecule has 1 aromatic carbocycles. The van der Waals surface area contributed by atoms with E-state index in [2.05, 4.69) is 43.1 Å². The van der Waals surface area contributed by atoms with Crippen molar-refractivity contribution in [1.82, 2.24) is 25.2 Å². The molecule has 0 saturated heterocycles. The Kier molecular flexibility index (Phi) is 7.53. The molecule has 1 amide bonds. The lowest BCUT2D eigenvalue weighted by atomic mass is 9.90. The van der Waals surface area contributed by atoms with E-state index in [9.17, 15) is 4.79 Å². The first kappa shape index (κ1) is 23.0. The van der Waals surface area contributed by atoms with Gasteiger partial charge < -0.3 is 4.84 Å². The molecule has 0 aliphatic heterocycles. The maximum atomic E-state index is 12.1. The molecule has 1 saturated carbocycles. The number of aryl methyl sites for hydroxylation is 1. The quantitative estimate of drug-likeness (QED) is 0.322. The van der Waals surface area contributed by atoms with Gasteiger partial charge in [-0.25, -0.2) is 14.5 Å². The third kappa shape index (κ3) is 6.21. The van der Waals surface area contributed by atoms with Crippen molar-refractivity contribution in [1.29, 1.82) is 0 Å². The summed E-state index contributed by atoms with van der Waals surface area (Å²) in [6, 6.07) is 14.7. The Labute approximate surface area is 196 Å². The molecule has 176 valence electrons. The molecule has 4 rings (SSSR count). The minimum atomic E-state index is -0.684. The fourth-order valence-electron chi connectivity index (χ4n) is 3.46. The van der Waals surface area contributed by atoms with Crippen molar-refractivity contribution >= 4 is 23.3 Å². The van der Waals surface area contributed by atoms with Gasteiger partial charge in [-0.15, -0.1) is 5.10 Å². The van der Waals surface area contributed by atoms with Crippen LogP contribution in [0.25, 0.3) is 0 Å². The van der Waals surface area contributed by atoms with Crippen LogP contribution in [0.2, 0.25) is 0 Å². The van der Waals surface area contributed by atoms with Gasteiger partial charge in [0.15, 0.2) is 12.3 Å². The smallest absolute Gasteiger partial charge is 0.389 e. The van der Waals surface area contributed by atoms with Crippen LogP contribution < -0.4 is 5.32 Å². The normalized spacial score (nSPS) is 16.1. The van der Waals surface area contributed by atoms with Crippen molar-refractivity contribution in [2.75, 3.05) is 5.32 Å². The number of anilines is 1. The van der Waals surface area contributed by atoms with E-state index >= 15 is 0 Å². The summed E-state index contributed by atoms with van der Waals surface area (Å²) in [7, 11) is 1.73. The monoisotopic (exact) mass is 462 g/mol. The summed E-state index contributed by atoms with van der Waals surface area (Å²) < 4.78 is 1.51. The molecule has 2 heterocycles. The zero-order valence-electron chi connectivity index (χ0n) is 19.1. The summed E-state index contributed by atoms with van der Waals surface area (Å²) >= 11 is 0. The first-order valence-electron chi connectivity index (χ1n) is 11.1. The zero-order valence-corrected chi connectivity index (χ0v) is 19.1. The lowest BCUT2D eigenvalue weighted by Crippen LogP contribution is -2.16. The number of carbonyl (C=O) groups is 1. The standard InChI is InChI=1S/C23H26N8O3/c1-16-11-13-18(14-12-16)27-34-23(32)25-20-10-6-9-19(24-20)15-33-28-21(17-7-4-3-5-8-17)22-26-29-30-31(22)2/h3-10,16H,11-15H2,1-2H3,(H,24,25,32)/b27-18?,28-21-. The van der Waals surface area contributed by atoms with Gasteiger partial charge in [0.25, 0.3) is 0 Å². The van der Waals surface area contributed by atoms with Crippen molar-refractivity contribution in [3.8, 4) is 0 Å². The van der Waals surface area contributed by atoms with Crippen LogP contribution in [0.5, 0.6) is 0 Å². The molecule has 0 bridgehead atoms. The number of oxime groups is 2. The molecule has 11 heteroatoms. The lowest BCUT2D eigenvalue weighted by molar-refractivity contribution is 0.128. The van der Waals surface area contributed by atoms with Gasteiger partial charge in [0, 0.05) is 12.6 Å². The Morgan fingerprint density at radius 3 is 2.68 bits per heavy atom. The van der Waals surface area contributed by atoms with Crippen molar-refractivity contribution in [3.63, 3.8) is 0 Å². The average molecular weight is 463 g/mol.